The molecule has 2 heteroatoms. The van der Waals surface area contributed by atoms with Crippen molar-refractivity contribution < 1.29 is 4.74 Å². The maximum Gasteiger partial charge on any atom is 0.119 e. The van der Waals surface area contributed by atoms with E-state index < -0.39 is 0 Å². The molecule has 21 heavy (non-hydrogen) atoms. The van der Waals surface area contributed by atoms with Crippen molar-refractivity contribution in [3.8, 4) is 5.75 Å². The van der Waals surface area contributed by atoms with Crippen molar-refractivity contribution in [1.82, 2.24) is 5.32 Å². The summed E-state index contributed by atoms with van der Waals surface area (Å²) in [6.45, 7) is 1.08. The first-order valence-electron chi connectivity index (χ1n) is 7.83. The molecule has 0 radical (unpaired) electrons. The minimum Gasteiger partial charge on any atom is -0.497 e. The lowest BCUT2D eigenvalue weighted by Gasteiger charge is -2.36. The van der Waals surface area contributed by atoms with Crippen molar-refractivity contribution in [2.75, 3.05) is 13.7 Å². The maximum absolute atomic E-state index is 5.40. The number of fused-ring (bicyclic) bond motifs is 2. The molecule has 2 nitrogen and oxygen atoms in total. The molecule has 2 aliphatic rings. The molecule has 2 aromatic carbocycles. The number of nitrogens with one attached hydrogen (secondary N) is 1. The summed E-state index contributed by atoms with van der Waals surface area (Å²) in [6.07, 6.45) is 3.54. The topological polar surface area (TPSA) is 21.3 Å². The third-order valence-electron chi connectivity index (χ3n) is 4.99. The summed E-state index contributed by atoms with van der Waals surface area (Å²) in [5, 5.41) is 3.70. The van der Waals surface area contributed by atoms with Gasteiger partial charge in [-0.15, -0.1) is 0 Å². The van der Waals surface area contributed by atoms with Gasteiger partial charge in [0.2, 0.25) is 0 Å². The Balaban J connectivity index is 1.58. The number of methoxy groups -OCH3 is 1. The van der Waals surface area contributed by atoms with E-state index in [2.05, 4.69) is 47.8 Å². The fourth-order valence-electron chi connectivity index (χ4n) is 3.81. The summed E-state index contributed by atoms with van der Waals surface area (Å²) in [5.41, 5.74) is 6.00. The highest BCUT2D eigenvalue weighted by Gasteiger charge is 2.30. The molecule has 2 atom stereocenters. The van der Waals surface area contributed by atoms with E-state index in [0.29, 0.717) is 12.0 Å². The molecular formula is C19H21NO. The van der Waals surface area contributed by atoms with Crippen LogP contribution in [0.4, 0.5) is 0 Å². The molecule has 1 aliphatic heterocycles. The SMILES string of the molecule is COc1ccc2c(c1)C(CC1Cc3ccccc31)NCC2. The standard InChI is InChI=1S/C19H21NO/c1-21-16-7-6-13-8-9-20-19(18(13)12-16)11-15-10-14-4-2-3-5-17(14)15/h2-7,12,15,19-20H,8-11H2,1H3. The van der Waals surface area contributed by atoms with Gasteiger partial charge in [-0.05, 0) is 66.1 Å². The lowest BCUT2D eigenvalue weighted by atomic mass is 9.73. The Hall–Kier alpha value is -1.80. The van der Waals surface area contributed by atoms with Crippen LogP contribution < -0.4 is 10.1 Å². The molecular weight excluding hydrogens is 258 g/mol. The second-order valence-electron chi connectivity index (χ2n) is 6.16. The Morgan fingerprint density at radius 3 is 2.86 bits per heavy atom. The predicted molar refractivity (Wildman–Crippen MR) is 84.9 cm³/mol. The van der Waals surface area contributed by atoms with E-state index in [1.165, 1.54) is 29.5 Å². The van der Waals surface area contributed by atoms with Crippen molar-refractivity contribution in [2.45, 2.75) is 31.2 Å². The van der Waals surface area contributed by atoms with Crippen molar-refractivity contribution in [3.63, 3.8) is 0 Å². The van der Waals surface area contributed by atoms with E-state index in [4.69, 9.17) is 4.74 Å². The van der Waals surface area contributed by atoms with Gasteiger partial charge in [0.15, 0.2) is 0 Å². The molecule has 0 amide bonds. The van der Waals surface area contributed by atoms with Gasteiger partial charge in [0, 0.05) is 6.04 Å². The molecule has 2 unspecified atom stereocenters. The van der Waals surface area contributed by atoms with Crippen LogP contribution in [-0.4, -0.2) is 13.7 Å². The smallest absolute Gasteiger partial charge is 0.119 e. The summed E-state index contributed by atoms with van der Waals surface area (Å²) in [7, 11) is 1.75. The first-order valence-corrected chi connectivity index (χ1v) is 7.83. The van der Waals surface area contributed by atoms with Crippen molar-refractivity contribution in [2.24, 2.45) is 0 Å². The van der Waals surface area contributed by atoms with E-state index in [1.807, 2.05) is 0 Å². The van der Waals surface area contributed by atoms with Crippen LogP contribution >= 0.6 is 0 Å². The Morgan fingerprint density at radius 2 is 2.00 bits per heavy atom. The summed E-state index contributed by atoms with van der Waals surface area (Å²) in [5.74, 6) is 1.67. The van der Waals surface area contributed by atoms with E-state index in [1.54, 1.807) is 12.7 Å². The molecule has 1 N–H and O–H groups in total. The van der Waals surface area contributed by atoms with Crippen LogP contribution in [0.5, 0.6) is 5.75 Å². The lowest BCUT2D eigenvalue weighted by molar-refractivity contribution is 0.398. The Bertz CT molecular complexity index is 664. The minimum atomic E-state index is 0.460. The van der Waals surface area contributed by atoms with Crippen LogP contribution in [-0.2, 0) is 12.8 Å². The largest absolute Gasteiger partial charge is 0.497 e. The average molecular weight is 279 g/mol. The number of hydrogen-bond donors (Lipinski definition) is 1. The summed E-state index contributed by atoms with van der Waals surface area (Å²) in [6, 6.07) is 15.9. The van der Waals surface area contributed by atoms with Gasteiger partial charge in [-0.25, -0.2) is 0 Å². The third-order valence-corrected chi connectivity index (χ3v) is 4.99. The second kappa shape index (κ2) is 5.19. The summed E-state index contributed by atoms with van der Waals surface area (Å²) >= 11 is 0. The highest BCUT2D eigenvalue weighted by molar-refractivity contribution is 5.43. The Kier molecular flexibility index (Phi) is 3.19. The molecule has 0 aromatic heterocycles. The fourth-order valence-corrected chi connectivity index (χ4v) is 3.81. The van der Waals surface area contributed by atoms with E-state index >= 15 is 0 Å². The first-order chi connectivity index (χ1) is 10.3. The minimum absolute atomic E-state index is 0.460. The van der Waals surface area contributed by atoms with Crippen LogP contribution in [0.2, 0.25) is 0 Å². The molecule has 0 fully saturated rings. The zero-order chi connectivity index (χ0) is 14.2. The number of ether oxygens (including phenoxy) is 1. The molecule has 1 aliphatic carbocycles. The van der Waals surface area contributed by atoms with Crippen LogP contribution in [0.15, 0.2) is 42.5 Å². The van der Waals surface area contributed by atoms with E-state index in [-0.39, 0.29) is 0 Å². The van der Waals surface area contributed by atoms with Crippen LogP contribution in [0.3, 0.4) is 0 Å². The Morgan fingerprint density at radius 1 is 1.10 bits per heavy atom. The molecule has 0 bridgehead atoms. The van der Waals surface area contributed by atoms with Gasteiger partial charge in [0.25, 0.3) is 0 Å². The molecule has 2 aromatic rings. The average Bonchev–Trinajstić information content (AvgIpc) is 2.52. The normalized spacial score (nSPS) is 22.9. The number of benzene rings is 2. The zero-order valence-corrected chi connectivity index (χ0v) is 12.4. The van der Waals surface area contributed by atoms with Crippen LogP contribution in [0, 0.1) is 0 Å². The maximum atomic E-state index is 5.40. The summed E-state index contributed by atoms with van der Waals surface area (Å²) < 4.78 is 5.40. The summed E-state index contributed by atoms with van der Waals surface area (Å²) in [4.78, 5) is 0. The molecule has 0 spiro atoms. The Labute approximate surface area is 126 Å². The highest BCUT2D eigenvalue weighted by atomic mass is 16.5. The van der Waals surface area contributed by atoms with Gasteiger partial charge in [-0.3, -0.25) is 0 Å². The van der Waals surface area contributed by atoms with Gasteiger partial charge in [0.1, 0.15) is 5.75 Å². The quantitative estimate of drug-likeness (QED) is 0.926. The lowest BCUT2D eigenvalue weighted by Crippen LogP contribution is -2.32. The van der Waals surface area contributed by atoms with E-state index in [9.17, 15) is 0 Å². The first kappa shape index (κ1) is 12.9. The predicted octanol–water partition coefficient (Wildman–Crippen LogP) is 3.61. The number of hydrogen-bond acceptors (Lipinski definition) is 2. The van der Waals surface area contributed by atoms with Crippen LogP contribution in [0.25, 0.3) is 0 Å². The van der Waals surface area contributed by atoms with Gasteiger partial charge >= 0.3 is 0 Å². The van der Waals surface area contributed by atoms with Gasteiger partial charge < -0.3 is 10.1 Å². The number of rotatable bonds is 3. The van der Waals surface area contributed by atoms with Gasteiger partial charge in [0.05, 0.1) is 7.11 Å². The highest BCUT2D eigenvalue weighted by Crippen LogP contribution is 2.42. The molecule has 1 heterocycles. The zero-order valence-electron chi connectivity index (χ0n) is 12.4. The third kappa shape index (κ3) is 2.24. The second-order valence-corrected chi connectivity index (χ2v) is 6.16. The van der Waals surface area contributed by atoms with E-state index in [0.717, 1.165) is 18.7 Å². The van der Waals surface area contributed by atoms with Gasteiger partial charge in [-0.2, -0.15) is 0 Å². The van der Waals surface area contributed by atoms with Crippen molar-refractivity contribution >= 4 is 0 Å². The molecule has 108 valence electrons. The molecule has 0 saturated heterocycles. The molecule has 4 rings (SSSR count). The van der Waals surface area contributed by atoms with Crippen molar-refractivity contribution in [1.29, 1.82) is 0 Å². The fraction of sp³-hybridized carbons (Fsp3) is 0.368. The van der Waals surface area contributed by atoms with Gasteiger partial charge in [-0.1, -0.05) is 30.3 Å². The molecule has 0 saturated carbocycles. The monoisotopic (exact) mass is 279 g/mol. The van der Waals surface area contributed by atoms with Crippen LogP contribution in [0.1, 0.15) is 40.6 Å². The van der Waals surface area contributed by atoms with Crippen molar-refractivity contribution in [3.05, 3.63) is 64.7 Å².